The lowest BCUT2D eigenvalue weighted by Gasteiger charge is -2.32. The summed E-state index contributed by atoms with van der Waals surface area (Å²) in [5.41, 5.74) is 1.41. The third-order valence-corrected chi connectivity index (χ3v) is 5.11. The van der Waals surface area contributed by atoms with E-state index in [2.05, 4.69) is 6.92 Å². The maximum atomic E-state index is 12.6. The molecule has 0 radical (unpaired) electrons. The summed E-state index contributed by atoms with van der Waals surface area (Å²) in [7, 11) is 1.51. The van der Waals surface area contributed by atoms with Gasteiger partial charge in [-0.05, 0) is 30.9 Å². The molecular formula is C17H18Cl2N2O2. The Balaban J connectivity index is 2.10. The smallest absolute Gasteiger partial charge is 0.277 e. The van der Waals surface area contributed by atoms with Crippen LogP contribution in [0.4, 0.5) is 0 Å². The standard InChI is InChI=1S/C17H18Cl2N2O2/c1-10-5-7-21(8-6-10)15-14(16(22)20(2)17(15)23)12-4-3-11(18)9-13(12)19/h3-4,9-10H,5-8H2,1-2H3. The number of benzene rings is 1. The molecule has 1 saturated heterocycles. The fraction of sp³-hybridized carbons (Fsp3) is 0.412. The Bertz CT molecular complexity index is 707. The van der Waals surface area contributed by atoms with E-state index in [1.54, 1.807) is 18.2 Å². The third-order valence-electron chi connectivity index (χ3n) is 4.56. The first kappa shape index (κ1) is 16.3. The van der Waals surface area contributed by atoms with Crippen LogP contribution in [0.5, 0.6) is 0 Å². The van der Waals surface area contributed by atoms with Crippen molar-refractivity contribution in [2.24, 2.45) is 5.92 Å². The highest BCUT2D eigenvalue weighted by molar-refractivity contribution is 6.41. The van der Waals surface area contributed by atoms with Gasteiger partial charge in [0.15, 0.2) is 0 Å². The van der Waals surface area contributed by atoms with Crippen LogP contribution in [0.25, 0.3) is 5.57 Å². The monoisotopic (exact) mass is 352 g/mol. The average molecular weight is 353 g/mol. The Morgan fingerprint density at radius 2 is 1.74 bits per heavy atom. The van der Waals surface area contributed by atoms with E-state index in [-0.39, 0.29) is 11.8 Å². The number of nitrogens with zero attached hydrogens (tertiary/aromatic N) is 2. The van der Waals surface area contributed by atoms with Crippen LogP contribution in [0.1, 0.15) is 25.3 Å². The van der Waals surface area contributed by atoms with E-state index >= 15 is 0 Å². The minimum atomic E-state index is -0.312. The van der Waals surface area contributed by atoms with Crippen molar-refractivity contribution in [3.63, 3.8) is 0 Å². The van der Waals surface area contributed by atoms with Gasteiger partial charge in [0, 0.05) is 30.7 Å². The molecule has 0 unspecified atom stereocenters. The SMILES string of the molecule is CC1CCN(C2=C(c3ccc(Cl)cc3Cl)C(=O)N(C)C2=O)CC1. The zero-order chi connectivity index (χ0) is 16.7. The Kier molecular flexibility index (Phi) is 4.39. The van der Waals surface area contributed by atoms with E-state index in [0.29, 0.717) is 32.8 Å². The molecule has 4 nitrogen and oxygen atoms in total. The molecule has 1 aromatic carbocycles. The first-order valence-corrected chi connectivity index (χ1v) is 8.42. The molecular weight excluding hydrogens is 335 g/mol. The van der Waals surface area contributed by atoms with Crippen LogP contribution in [-0.2, 0) is 9.59 Å². The molecule has 2 heterocycles. The largest absolute Gasteiger partial charge is 0.366 e. The zero-order valence-electron chi connectivity index (χ0n) is 13.1. The van der Waals surface area contributed by atoms with Gasteiger partial charge in [0.05, 0.1) is 10.6 Å². The Labute approximate surface area is 145 Å². The second kappa shape index (κ2) is 6.17. The molecule has 0 bridgehead atoms. The van der Waals surface area contributed by atoms with Gasteiger partial charge in [-0.1, -0.05) is 36.2 Å². The molecule has 6 heteroatoms. The summed E-state index contributed by atoms with van der Waals surface area (Å²) in [6, 6.07) is 4.98. The molecule has 0 saturated carbocycles. The van der Waals surface area contributed by atoms with Crippen molar-refractivity contribution in [3.05, 3.63) is 39.5 Å². The molecule has 2 amide bonds. The number of amides is 2. The highest BCUT2D eigenvalue weighted by Gasteiger charge is 2.40. The Hall–Kier alpha value is -1.52. The van der Waals surface area contributed by atoms with Crippen molar-refractivity contribution in [1.82, 2.24) is 9.80 Å². The third kappa shape index (κ3) is 2.86. The number of carbonyl (C=O) groups is 2. The minimum Gasteiger partial charge on any atom is -0.366 e. The molecule has 0 N–H and O–H groups in total. The fourth-order valence-corrected chi connectivity index (χ4v) is 3.59. The van der Waals surface area contributed by atoms with E-state index in [9.17, 15) is 9.59 Å². The molecule has 23 heavy (non-hydrogen) atoms. The fourth-order valence-electron chi connectivity index (χ4n) is 3.09. The molecule has 0 aromatic heterocycles. The summed E-state index contributed by atoms with van der Waals surface area (Å²) in [6.07, 6.45) is 2.02. The highest BCUT2D eigenvalue weighted by Crippen LogP contribution is 2.36. The summed E-state index contributed by atoms with van der Waals surface area (Å²) in [6.45, 7) is 3.76. The van der Waals surface area contributed by atoms with E-state index in [1.807, 2.05) is 4.90 Å². The van der Waals surface area contributed by atoms with Crippen molar-refractivity contribution < 1.29 is 9.59 Å². The van der Waals surface area contributed by atoms with E-state index in [1.165, 1.54) is 7.05 Å². The van der Waals surface area contributed by atoms with Gasteiger partial charge in [-0.25, -0.2) is 0 Å². The summed E-state index contributed by atoms with van der Waals surface area (Å²) in [5.74, 6) is 0.0674. The summed E-state index contributed by atoms with van der Waals surface area (Å²) in [5, 5.41) is 0.879. The van der Waals surface area contributed by atoms with Crippen molar-refractivity contribution >= 4 is 40.6 Å². The zero-order valence-corrected chi connectivity index (χ0v) is 14.6. The van der Waals surface area contributed by atoms with Gasteiger partial charge in [-0.2, -0.15) is 0 Å². The van der Waals surface area contributed by atoms with Crippen molar-refractivity contribution in [1.29, 1.82) is 0 Å². The molecule has 1 fully saturated rings. The van der Waals surface area contributed by atoms with Crippen LogP contribution < -0.4 is 0 Å². The summed E-state index contributed by atoms with van der Waals surface area (Å²) >= 11 is 12.2. The molecule has 0 atom stereocenters. The normalized spacial score (nSPS) is 20.0. The topological polar surface area (TPSA) is 40.6 Å². The molecule has 0 aliphatic carbocycles. The number of hydrogen-bond acceptors (Lipinski definition) is 3. The van der Waals surface area contributed by atoms with Crippen LogP contribution in [0.15, 0.2) is 23.9 Å². The molecule has 2 aliphatic rings. The molecule has 0 spiro atoms. The van der Waals surface area contributed by atoms with Gasteiger partial charge in [0.1, 0.15) is 5.70 Å². The van der Waals surface area contributed by atoms with E-state index in [0.717, 1.165) is 30.8 Å². The van der Waals surface area contributed by atoms with Crippen LogP contribution in [-0.4, -0.2) is 41.8 Å². The lowest BCUT2D eigenvalue weighted by molar-refractivity contribution is -0.136. The van der Waals surface area contributed by atoms with Gasteiger partial charge < -0.3 is 4.90 Å². The Morgan fingerprint density at radius 1 is 1.09 bits per heavy atom. The lowest BCUT2D eigenvalue weighted by Crippen LogP contribution is -2.37. The minimum absolute atomic E-state index is 0.259. The number of likely N-dealkylation sites (tertiary alicyclic amines) is 1. The van der Waals surface area contributed by atoms with Crippen LogP contribution in [0.2, 0.25) is 10.0 Å². The quantitative estimate of drug-likeness (QED) is 0.765. The maximum Gasteiger partial charge on any atom is 0.277 e. The van der Waals surface area contributed by atoms with E-state index < -0.39 is 0 Å². The predicted molar refractivity (Wildman–Crippen MR) is 91.1 cm³/mol. The molecule has 122 valence electrons. The number of piperidine rings is 1. The van der Waals surface area contributed by atoms with Crippen LogP contribution in [0, 0.1) is 5.92 Å². The van der Waals surface area contributed by atoms with Gasteiger partial charge in [0.2, 0.25) is 0 Å². The maximum absolute atomic E-state index is 12.6. The number of carbonyl (C=O) groups excluding carboxylic acids is 2. The predicted octanol–water partition coefficient (Wildman–Crippen LogP) is 3.44. The summed E-state index contributed by atoms with van der Waals surface area (Å²) in [4.78, 5) is 28.4. The molecule has 1 aromatic rings. The van der Waals surface area contributed by atoms with Crippen molar-refractivity contribution in [2.75, 3.05) is 20.1 Å². The van der Waals surface area contributed by atoms with Gasteiger partial charge in [-0.3, -0.25) is 14.5 Å². The van der Waals surface area contributed by atoms with Crippen LogP contribution in [0.3, 0.4) is 0 Å². The van der Waals surface area contributed by atoms with Gasteiger partial charge >= 0.3 is 0 Å². The van der Waals surface area contributed by atoms with E-state index in [4.69, 9.17) is 23.2 Å². The number of hydrogen-bond donors (Lipinski definition) is 0. The number of imide groups is 1. The lowest BCUT2D eigenvalue weighted by atomic mass is 9.97. The average Bonchev–Trinajstić information content (AvgIpc) is 2.73. The van der Waals surface area contributed by atoms with Crippen molar-refractivity contribution in [3.8, 4) is 0 Å². The summed E-state index contributed by atoms with van der Waals surface area (Å²) < 4.78 is 0. The number of rotatable bonds is 2. The van der Waals surface area contributed by atoms with Gasteiger partial charge in [-0.15, -0.1) is 0 Å². The second-order valence-electron chi connectivity index (χ2n) is 6.19. The van der Waals surface area contributed by atoms with Crippen LogP contribution >= 0.6 is 23.2 Å². The highest BCUT2D eigenvalue weighted by atomic mass is 35.5. The molecule has 3 rings (SSSR count). The molecule has 2 aliphatic heterocycles. The van der Waals surface area contributed by atoms with Crippen molar-refractivity contribution in [2.45, 2.75) is 19.8 Å². The van der Waals surface area contributed by atoms with Gasteiger partial charge in [0.25, 0.3) is 11.8 Å². The first-order valence-electron chi connectivity index (χ1n) is 7.67. The number of likely N-dealkylation sites (N-methyl/N-ethyl adjacent to an activating group) is 1. The first-order chi connectivity index (χ1) is 10.9. The number of halogens is 2. The second-order valence-corrected chi connectivity index (χ2v) is 7.03. The Morgan fingerprint density at radius 3 is 2.35 bits per heavy atom.